The summed E-state index contributed by atoms with van der Waals surface area (Å²) >= 11 is 1.62. The van der Waals surface area contributed by atoms with Crippen LogP contribution in [-0.2, 0) is 24.2 Å². The topological polar surface area (TPSA) is 0 Å². The minimum absolute atomic E-state index is 1.31. The zero-order chi connectivity index (χ0) is 15.8. The molecule has 0 nitrogen and oxygen atoms in total. The standard InChI is InChI=1S/C13H9.C5H5.C2H6Si.Zr/c1-3-7-12-10(5-1)9-11-6-2-4-8-13(11)12;1-2-4-5-3-1;1-2-3;/h1-9H;1-5H;1,3H3;/q2*-1;;+2. The third-order valence-corrected chi connectivity index (χ3v) is 3.08. The van der Waals surface area contributed by atoms with Crippen LogP contribution in [0.15, 0.2) is 84.9 Å². The number of hydrogen-bond donors (Lipinski definition) is 0. The summed E-state index contributed by atoms with van der Waals surface area (Å²) in [6.07, 6.45) is 0. The van der Waals surface area contributed by atoms with Gasteiger partial charge in [0.05, 0.1) is 0 Å². The van der Waals surface area contributed by atoms with E-state index in [0.29, 0.717) is 0 Å². The first-order valence-electron chi connectivity index (χ1n) is 7.40. The minimum atomic E-state index is 1.31. The van der Waals surface area contributed by atoms with Gasteiger partial charge in [-0.3, -0.25) is 0 Å². The fourth-order valence-electron chi connectivity index (χ4n) is 2.22. The van der Waals surface area contributed by atoms with Crippen molar-refractivity contribution in [2.24, 2.45) is 0 Å². The molecule has 0 aliphatic rings. The van der Waals surface area contributed by atoms with E-state index in [9.17, 15) is 0 Å². The van der Waals surface area contributed by atoms with Gasteiger partial charge in [-0.1, -0.05) is 36.4 Å². The predicted octanol–water partition coefficient (Wildman–Crippen LogP) is 4.17. The second-order valence-electron chi connectivity index (χ2n) is 5.28. The first-order valence-corrected chi connectivity index (χ1v) is 9.63. The molecule has 0 radical (unpaired) electrons. The van der Waals surface area contributed by atoms with Crippen molar-refractivity contribution >= 4 is 34.6 Å². The average molecular weight is 380 g/mol. The third-order valence-electron chi connectivity index (χ3n) is 3.08. The van der Waals surface area contributed by atoms with Crippen LogP contribution < -0.4 is 0 Å². The van der Waals surface area contributed by atoms with Gasteiger partial charge in [0.2, 0.25) is 0 Å². The van der Waals surface area contributed by atoms with E-state index in [2.05, 4.69) is 61.5 Å². The molecule has 4 aromatic carbocycles. The Kier molecular flexibility index (Phi) is 6.89. The molecule has 4 rings (SSSR count). The van der Waals surface area contributed by atoms with Crippen LogP contribution in [0.25, 0.3) is 21.5 Å². The third kappa shape index (κ3) is 5.12. The molecule has 0 spiro atoms. The second-order valence-corrected chi connectivity index (χ2v) is 11.7. The van der Waals surface area contributed by atoms with Crippen molar-refractivity contribution in [1.82, 2.24) is 0 Å². The van der Waals surface area contributed by atoms with E-state index in [1.165, 1.54) is 31.8 Å². The van der Waals surface area contributed by atoms with E-state index in [-0.39, 0.29) is 0 Å². The average Bonchev–Trinajstić information content (AvgIpc) is 3.18. The van der Waals surface area contributed by atoms with E-state index in [1.807, 2.05) is 30.3 Å². The fraction of sp³-hybridized carbons (Fsp3) is 0.0500. The van der Waals surface area contributed by atoms with Crippen molar-refractivity contribution in [2.45, 2.75) is 6.92 Å². The van der Waals surface area contributed by atoms with Gasteiger partial charge in [0.15, 0.2) is 0 Å². The van der Waals surface area contributed by atoms with E-state index < -0.39 is 0 Å². The summed E-state index contributed by atoms with van der Waals surface area (Å²) in [4.78, 5) is 0. The predicted molar refractivity (Wildman–Crippen MR) is 99.7 cm³/mol. The fourth-order valence-corrected chi connectivity index (χ4v) is 2.22. The van der Waals surface area contributed by atoms with Gasteiger partial charge in [0.25, 0.3) is 0 Å². The van der Waals surface area contributed by atoms with Crippen molar-refractivity contribution in [3.05, 3.63) is 84.9 Å². The van der Waals surface area contributed by atoms with Crippen LogP contribution in [0.5, 0.6) is 0 Å². The van der Waals surface area contributed by atoms with Crippen LogP contribution in [0.4, 0.5) is 0 Å². The first-order chi connectivity index (χ1) is 10.7. The largest absolute Gasteiger partial charge is 0.214 e. The molecule has 0 fully saturated rings. The zero-order valence-electron chi connectivity index (χ0n) is 13.1. The molecule has 0 amide bonds. The van der Waals surface area contributed by atoms with Crippen molar-refractivity contribution < 1.29 is 24.2 Å². The summed E-state index contributed by atoms with van der Waals surface area (Å²) < 4.78 is 1.65. The van der Waals surface area contributed by atoms with E-state index in [4.69, 9.17) is 0 Å². The van der Waals surface area contributed by atoms with Crippen LogP contribution >= 0.6 is 0 Å². The van der Waals surface area contributed by atoms with Crippen molar-refractivity contribution in [3.8, 4) is 0 Å². The Labute approximate surface area is 150 Å². The summed E-state index contributed by atoms with van der Waals surface area (Å²) in [5, 5.41) is 5.39. The Bertz CT molecular complexity index is 754. The van der Waals surface area contributed by atoms with Crippen molar-refractivity contribution in [1.29, 1.82) is 0 Å². The number of fused-ring (bicyclic) bond motifs is 3. The maximum atomic E-state index is 2.24. The van der Waals surface area contributed by atoms with Gasteiger partial charge in [-0.15, -0.1) is 39.7 Å². The molecule has 0 bridgehead atoms. The van der Waals surface area contributed by atoms with E-state index in [1.54, 1.807) is 27.1 Å². The molecule has 0 aromatic heterocycles. The molecule has 108 valence electrons. The molecule has 0 unspecified atom stereocenters. The molecule has 0 aliphatic carbocycles. The van der Waals surface area contributed by atoms with E-state index >= 15 is 0 Å². The van der Waals surface area contributed by atoms with Crippen LogP contribution in [0.1, 0.15) is 6.92 Å². The van der Waals surface area contributed by atoms with Crippen LogP contribution in [0, 0.1) is 0 Å². The summed E-state index contributed by atoms with van der Waals surface area (Å²) in [5.74, 6) is 0. The van der Waals surface area contributed by atoms with Crippen molar-refractivity contribution in [2.75, 3.05) is 0 Å². The SMILES string of the molecule is C[C]([SiH3])=[Zr+2].c1cc[cH-]c1.c1ccc2c(c1)[cH-]c1ccccc12. The second kappa shape index (κ2) is 8.92. The normalized spacial score (nSPS) is 9.77. The van der Waals surface area contributed by atoms with Gasteiger partial charge in [0, 0.05) is 0 Å². The van der Waals surface area contributed by atoms with Crippen molar-refractivity contribution in [3.63, 3.8) is 0 Å². The summed E-state index contributed by atoms with van der Waals surface area (Å²) in [5.41, 5.74) is 0. The Morgan fingerprint density at radius 2 is 1.23 bits per heavy atom. The monoisotopic (exact) mass is 378 g/mol. The molecule has 0 saturated heterocycles. The van der Waals surface area contributed by atoms with Crippen LogP contribution in [-0.4, -0.2) is 13.1 Å². The first kappa shape index (κ1) is 17.0. The summed E-state index contributed by atoms with van der Waals surface area (Å²) in [7, 11) is 1.31. The number of benzene rings is 2. The molecule has 22 heavy (non-hydrogen) atoms. The van der Waals surface area contributed by atoms with Gasteiger partial charge in [-0.2, -0.15) is 18.2 Å². The van der Waals surface area contributed by atoms with Crippen LogP contribution in [0.3, 0.4) is 0 Å². The molecular weight excluding hydrogens is 360 g/mol. The quantitative estimate of drug-likeness (QED) is 0.318. The van der Waals surface area contributed by atoms with E-state index in [0.717, 1.165) is 0 Å². The van der Waals surface area contributed by atoms with Gasteiger partial charge >= 0.3 is 44.2 Å². The summed E-state index contributed by atoms with van der Waals surface area (Å²) in [6.45, 7) is 2.19. The zero-order valence-corrected chi connectivity index (χ0v) is 17.5. The van der Waals surface area contributed by atoms with Crippen LogP contribution in [0.2, 0.25) is 0 Å². The molecule has 0 heterocycles. The molecular formula is C20H20SiZr. The minimum Gasteiger partial charge on any atom is -0.214 e. The molecule has 0 saturated carbocycles. The Hall–Kier alpha value is -1.37. The molecule has 4 aromatic rings. The Balaban J connectivity index is 0.000000163. The van der Waals surface area contributed by atoms with Gasteiger partial charge in [-0.25, -0.2) is 12.1 Å². The number of rotatable bonds is 0. The molecule has 2 heteroatoms. The molecule has 0 N–H and O–H groups in total. The molecule has 0 aliphatic heterocycles. The molecule has 0 atom stereocenters. The Morgan fingerprint density at radius 1 is 0.818 bits per heavy atom. The Morgan fingerprint density at radius 3 is 1.59 bits per heavy atom. The van der Waals surface area contributed by atoms with Gasteiger partial charge in [-0.05, 0) is 0 Å². The maximum Gasteiger partial charge on any atom is -0.0771 e. The van der Waals surface area contributed by atoms with Gasteiger partial charge in [0.1, 0.15) is 0 Å². The smallest absolute Gasteiger partial charge is 0.0771 e. The van der Waals surface area contributed by atoms with Gasteiger partial charge < -0.3 is 0 Å². The number of hydrogen-bond acceptors (Lipinski definition) is 0. The summed E-state index contributed by atoms with van der Waals surface area (Å²) in [6, 6.07) is 29.3. The maximum absolute atomic E-state index is 2.24.